The monoisotopic (exact) mass is 388 g/mol. The smallest absolute Gasteiger partial charge is 0.315 e. The fourth-order valence-corrected chi connectivity index (χ4v) is 3.93. The largest absolute Gasteiger partial charge is 0.497 e. The van der Waals surface area contributed by atoms with Crippen molar-refractivity contribution in [2.75, 3.05) is 40.3 Å². The molecule has 0 atom stereocenters. The highest BCUT2D eigenvalue weighted by atomic mass is 16.5. The van der Waals surface area contributed by atoms with Gasteiger partial charge in [-0.3, -0.25) is 4.79 Å². The summed E-state index contributed by atoms with van der Waals surface area (Å²) in [6.07, 6.45) is 3.43. The zero-order valence-corrected chi connectivity index (χ0v) is 16.9. The molecule has 1 aliphatic carbocycles. The Morgan fingerprint density at radius 1 is 1.04 bits per heavy atom. The summed E-state index contributed by atoms with van der Waals surface area (Å²) in [6.45, 7) is 4.06. The lowest BCUT2D eigenvalue weighted by Gasteiger charge is -2.36. The quantitative estimate of drug-likeness (QED) is 0.807. The number of benzene rings is 1. The molecule has 1 aliphatic heterocycles. The van der Waals surface area contributed by atoms with Crippen molar-refractivity contribution in [3.8, 4) is 5.75 Å². The number of urea groups is 1. The van der Waals surface area contributed by atoms with Crippen molar-refractivity contribution in [2.24, 2.45) is 5.92 Å². The van der Waals surface area contributed by atoms with Crippen LogP contribution in [0.5, 0.6) is 5.75 Å². The maximum atomic E-state index is 12.7. The molecule has 1 heterocycles. The highest BCUT2D eigenvalue weighted by Crippen LogP contribution is 2.26. The number of nitrogens with one attached hydrogen (secondary N) is 2. The Morgan fingerprint density at radius 3 is 2.29 bits per heavy atom. The second kappa shape index (κ2) is 9.78. The maximum Gasteiger partial charge on any atom is 0.315 e. The summed E-state index contributed by atoms with van der Waals surface area (Å²) in [6, 6.07) is 7.64. The molecule has 3 rings (SSSR count). The molecule has 0 bridgehead atoms. The van der Waals surface area contributed by atoms with Gasteiger partial charge in [-0.05, 0) is 50.4 Å². The van der Waals surface area contributed by atoms with Gasteiger partial charge in [0.25, 0.3) is 0 Å². The first-order valence-electron chi connectivity index (χ1n) is 10.2. The standard InChI is InChI=1S/C21H32N4O3/c1-24-11-13-25(14-12-24)20(26)17-5-7-18(8-6-17)23-21(27)22-15-16-3-9-19(28-2)10-4-16/h3-4,9-10,17-18H,5-8,11-15H2,1-2H3,(H2,22,23,27). The Hall–Kier alpha value is -2.28. The number of piperazine rings is 1. The summed E-state index contributed by atoms with van der Waals surface area (Å²) >= 11 is 0. The first kappa shape index (κ1) is 20.5. The molecule has 0 unspecified atom stereocenters. The van der Waals surface area contributed by atoms with Gasteiger partial charge in [0.2, 0.25) is 5.91 Å². The molecular formula is C21H32N4O3. The highest BCUT2D eigenvalue weighted by Gasteiger charge is 2.31. The van der Waals surface area contributed by atoms with Gasteiger partial charge in [-0.15, -0.1) is 0 Å². The number of amides is 3. The van der Waals surface area contributed by atoms with Gasteiger partial charge in [-0.2, -0.15) is 0 Å². The molecule has 2 N–H and O–H groups in total. The number of rotatable bonds is 5. The number of nitrogens with zero attached hydrogens (tertiary/aromatic N) is 2. The van der Waals surface area contributed by atoms with Crippen molar-refractivity contribution in [1.29, 1.82) is 0 Å². The molecule has 1 saturated carbocycles. The van der Waals surface area contributed by atoms with Crippen LogP contribution in [0.4, 0.5) is 4.79 Å². The Balaban J connectivity index is 1.36. The van der Waals surface area contributed by atoms with E-state index in [1.54, 1.807) is 7.11 Å². The van der Waals surface area contributed by atoms with E-state index in [2.05, 4.69) is 22.6 Å². The molecule has 2 fully saturated rings. The zero-order valence-electron chi connectivity index (χ0n) is 16.9. The molecule has 2 aliphatic rings. The molecule has 0 spiro atoms. The van der Waals surface area contributed by atoms with E-state index in [1.807, 2.05) is 29.2 Å². The van der Waals surface area contributed by atoms with Crippen LogP contribution >= 0.6 is 0 Å². The van der Waals surface area contributed by atoms with E-state index in [0.717, 1.165) is 63.2 Å². The van der Waals surface area contributed by atoms with Crippen LogP contribution in [0.1, 0.15) is 31.2 Å². The Morgan fingerprint density at radius 2 is 1.68 bits per heavy atom. The van der Waals surface area contributed by atoms with Gasteiger partial charge in [-0.25, -0.2) is 4.79 Å². The average Bonchev–Trinajstić information content (AvgIpc) is 2.73. The van der Waals surface area contributed by atoms with Gasteiger partial charge in [0, 0.05) is 44.7 Å². The predicted octanol–water partition coefficient (Wildman–Crippen LogP) is 1.83. The summed E-state index contributed by atoms with van der Waals surface area (Å²) < 4.78 is 5.14. The molecule has 7 nitrogen and oxygen atoms in total. The third-order valence-corrected chi connectivity index (χ3v) is 5.84. The maximum absolute atomic E-state index is 12.7. The number of carbonyl (C=O) groups is 2. The van der Waals surface area contributed by atoms with Gasteiger partial charge in [0.1, 0.15) is 5.75 Å². The van der Waals surface area contributed by atoms with Crippen LogP contribution in [-0.4, -0.2) is 68.1 Å². The van der Waals surface area contributed by atoms with E-state index >= 15 is 0 Å². The third kappa shape index (κ3) is 5.61. The molecule has 1 aromatic carbocycles. The lowest BCUT2D eigenvalue weighted by atomic mass is 9.85. The Kier molecular flexibility index (Phi) is 7.14. The topological polar surface area (TPSA) is 73.9 Å². The van der Waals surface area contributed by atoms with Gasteiger partial charge < -0.3 is 25.2 Å². The molecule has 1 aromatic rings. The fourth-order valence-electron chi connectivity index (χ4n) is 3.93. The number of methoxy groups -OCH3 is 1. The molecule has 0 aromatic heterocycles. The molecule has 0 radical (unpaired) electrons. The molecule has 154 valence electrons. The van der Waals surface area contributed by atoms with Crippen molar-refractivity contribution in [3.05, 3.63) is 29.8 Å². The predicted molar refractivity (Wildman–Crippen MR) is 108 cm³/mol. The van der Waals surface area contributed by atoms with Gasteiger partial charge in [0.15, 0.2) is 0 Å². The van der Waals surface area contributed by atoms with E-state index in [0.29, 0.717) is 12.5 Å². The number of hydrogen-bond donors (Lipinski definition) is 2. The van der Waals surface area contributed by atoms with Crippen LogP contribution in [0.25, 0.3) is 0 Å². The van der Waals surface area contributed by atoms with Crippen molar-refractivity contribution in [2.45, 2.75) is 38.3 Å². The van der Waals surface area contributed by atoms with Crippen molar-refractivity contribution in [1.82, 2.24) is 20.4 Å². The highest BCUT2D eigenvalue weighted by molar-refractivity contribution is 5.79. The first-order valence-corrected chi connectivity index (χ1v) is 10.2. The second-order valence-electron chi connectivity index (χ2n) is 7.85. The van der Waals surface area contributed by atoms with Gasteiger partial charge in [-0.1, -0.05) is 12.1 Å². The third-order valence-electron chi connectivity index (χ3n) is 5.84. The van der Waals surface area contributed by atoms with Crippen molar-refractivity contribution >= 4 is 11.9 Å². The second-order valence-corrected chi connectivity index (χ2v) is 7.85. The van der Waals surface area contributed by atoms with Crippen LogP contribution in [0.15, 0.2) is 24.3 Å². The summed E-state index contributed by atoms with van der Waals surface area (Å²) in [4.78, 5) is 29.1. The number of ether oxygens (including phenoxy) is 1. The Bertz CT molecular complexity index is 648. The minimum Gasteiger partial charge on any atom is -0.497 e. The van der Waals surface area contributed by atoms with E-state index in [9.17, 15) is 9.59 Å². The molecule has 1 saturated heterocycles. The van der Waals surface area contributed by atoms with E-state index in [4.69, 9.17) is 4.74 Å². The van der Waals surface area contributed by atoms with E-state index in [1.165, 1.54) is 0 Å². The normalized spacial score (nSPS) is 23.1. The van der Waals surface area contributed by atoms with Crippen LogP contribution in [0, 0.1) is 5.92 Å². The minimum absolute atomic E-state index is 0.115. The van der Waals surface area contributed by atoms with Crippen LogP contribution < -0.4 is 15.4 Å². The fraction of sp³-hybridized carbons (Fsp3) is 0.619. The summed E-state index contributed by atoms with van der Waals surface area (Å²) in [7, 11) is 3.73. The van der Waals surface area contributed by atoms with E-state index in [-0.39, 0.29) is 18.0 Å². The summed E-state index contributed by atoms with van der Waals surface area (Å²) in [5, 5.41) is 5.95. The van der Waals surface area contributed by atoms with Crippen LogP contribution in [0.2, 0.25) is 0 Å². The van der Waals surface area contributed by atoms with Gasteiger partial charge >= 0.3 is 6.03 Å². The average molecular weight is 389 g/mol. The van der Waals surface area contributed by atoms with Gasteiger partial charge in [0.05, 0.1) is 7.11 Å². The van der Waals surface area contributed by atoms with E-state index < -0.39 is 0 Å². The number of likely N-dealkylation sites (N-methyl/N-ethyl adjacent to an activating group) is 1. The van der Waals surface area contributed by atoms with Crippen LogP contribution in [0.3, 0.4) is 0 Å². The molecular weight excluding hydrogens is 356 g/mol. The lowest BCUT2D eigenvalue weighted by Crippen LogP contribution is -2.50. The van der Waals surface area contributed by atoms with Crippen molar-refractivity contribution in [3.63, 3.8) is 0 Å². The summed E-state index contributed by atoms with van der Waals surface area (Å²) in [5.74, 6) is 1.22. The summed E-state index contributed by atoms with van der Waals surface area (Å²) in [5.41, 5.74) is 1.03. The SMILES string of the molecule is COc1ccc(CNC(=O)NC2CCC(C(=O)N3CCN(C)CC3)CC2)cc1. The molecule has 28 heavy (non-hydrogen) atoms. The minimum atomic E-state index is -0.148. The number of carbonyl (C=O) groups excluding carboxylic acids is 2. The molecule has 3 amide bonds. The Labute approximate surface area is 167 Å². The number of hydrogen-bond acceptors (Lipinski definition) is 4. The van der Waals surface area contributed by atoms with Crippen molar-refractivity contribution < 1.29 is 14.3 Å². The van der Waals surface area contributed by atoms with Crippen LogP contribution in [-0.2, 0) is 11.3 Å². The lowest BCUT2D eigenvalue weighted by molar-refractivity contribution is -0.138. The first-order chi connectivity index (χ1) is 13.5. The zero-order chi connectivity index (χ0) is 19.9. The molecule has 7 heteroatoms.